The van der Waals surface area contributed by atoms with E-state index < -0.39 is 0 Å². The molecule has 114 valence electrons. The lowest BCUT2D eigenvalue weighted by Gasteiger charge is -2.26. The SMILES string of the molecule is Cc1nn(C)c(Cl)c1CC(=O)NCC(C)(C)CC(C)O. The maximum absolute atomic E-state index is 12.0. The highest BCUT2D eigenvalue weighted by Crippen LogP contribution is 2.22. The van der Waals surface area contributed by atoms with Gasteiger partial charge in [-0.3, -0.25) is 9.48 Å². The molecule has 1 rings (SSSR count). The van der Waals surface area contributed by atoms with Crippen molar-refractivity contribution in [3.8, 4) is 0 Å². The zero-order chi connectivity index (χ0) is 15.5. The first-order chi connectivity index (χ1) is 9.12. The largest absolute Gasteiger partial charge is 0.393 e. The molecule has 2 N–H and O–H groups in total. The van der Waals surface area contributed by atoms with E-state index in [1.807, 2.05) is 20.8 Å². The van der Waals surface area contributed by atoms with Gasteiger partial charge in [0.2, 0.25) is 5.91 Å². The van der Waals surface area contributed by atoms with Crippen molar-refractivity contribution >= 4 is 17.5 Å². The molecule has 0 aliphatic carbocycles. The topological polar surface area (TPSA) is 67.2 Å². The molecule has 5 nitrogen and oxygen atoms in total. The van der Waals surface area contributed by atoms with Crippen molar-refractivity contribution in [2.75, 3.05) is 6.54 Å². The number of carbonyl (C=O) groups excluding carboxylic acids is 1. The van der Waals surface area contributed by atoms with Crippen LogP contribution in [0.5, 0.6) is 0 Å². The van der Waals surface area contributed by atoms with Crippen molar-refractivity contribution in [2.24, 2.45) is 12.5 Å². The van der Waals surface area contributed by atoms with Gasteiger partial charge < -0.3 is 10.4 Å². The van der Waals surface area contributed by atoms with Crippen LogP contribution < -0.4 is 5.32 Å². The summed E-state index contributed by atoms with van der Waals surface area (Å²) in [6.07, 6.45) is 0.486. The number of rotatable bonds is 6. The van der Waals surface area contributed by atoms with Crippen LogP contribution in [0.2, 0.25) is 5.15 Å². The molecule has 0 bridgehead atoms. The number of hydrogen-bond donors (Lipinski definition) is 2. The normalized spacial score (nSPS) is 13.3. The first-order valence-corrected chi connectivity index (χ1v) is 7.13. The summed E-state index contributed by atoms with van der Waals surface area (Å²) in [5, 5.41) is 17.0. The van der Waals surface area contributed by atoms with Gasteiger partial charge in [-0.15, -0.1) is 0 Å². The van der Waals surface area contributed by atoms with Crippen LogP contribution in [-0.2, 0) is 18.3 Å². The van der Waals surface area contributed by atoms with Crippen molar-refractivity contribution in [1.82, 2.24) is 15.1 Å². The average Bonchev–Trinajstić information content (AvgIpc) is 2.52. The van der Waals surface area contributed by atoms with Crippen LogP contribution in [0.4, 0.5) is 0 Å². The van der Waals surface area contributed by atoms with Gasteiger partial charge in [-0.1, -0.05) is 25.4 Å². The molecule has 0 saturated heterocycles. The lowest BCUT2D eigenvalue weighted by molar-refractivity contribution is -0.121. The molecule has 6 heteroatoms. The molecule has 1 atom stereocenters. The smallest absolute Gasteiger partial charge is 0.224 e. The molecule has 0 aliphatic heterocycles. The Kier molecular flexibility index (Phi) is 5.59. The van der Waals surface area contributed by atoms with E-state index in [1.165, 1.54) is 0 Å². The zero-order valence-electron chi connectivity index (χ0n) is 12.8. The monoisotopic (exact) mass is 301 g/mol. The van der Waals surface area contributed by atoms with Crippen LogP contribution >= 0.6 is 11.6 Å². The second kappa shape index (κ2) is 6.59. The second-order valence-electron chi connectivity index (χ2n) is 6.15. The summed E-state index contributed by atoms with van der Waals surface area (Å²) in [5.74, 6) is -0.0818. The Hall–Kier alpha value is -1.07. The van der Waals surface area contributed by atoms with Gasteiger partial charge in [0.25, 0.3) is 0 Å². The lowest BCUT2D eigenvalue weighted by Crippen LogP contribution is -2.36. The van der Waals surface area contributed by atoms with E-state index in [0.717, 1.165) is 11.3 Å². The Morgan fingerprint density at radius 2 is 2.15 bits per heavy atom. The molecule has 20 heavy (non-hydrogen) atoms. The summed E-state index contributed by atoms with van der Waals surface area (Å²) in [7, 11) is 1.75. The van der Waals surface area contributed by atoms with E-state index in [9.17, 15) is 9.90 Å². The number of hydrogen-bond acceptors (Lipinski definition) is 3. The summed E-state index contributed by atoms with van der Waals surface area (Å²) in [6, 6.07) is 0. The number of amides is 1. The number of nitrogens with one attached hydrogen (secondary N) is 1. The van der Waals surface area contributed by atoms with Crippen LogP contribution in [0.15, 0.2) is 0 Å². The van der Waals surface area contributed by atoms with Crippen LogP contribution in [0.1, 0.15) is 38.4 Å². The van der Waals surface area contributed by atoms with E-state index in [1.54, 1.807) is 18.7 Å². The summed E-state index contributed by atoms with van der Waals surface area (Å²) in [6.45, 7) is 8.15. The number of carbonyl (C=O) groups is 1. The molecule has 1 amide bonds. The first-order valence-electron chi connectivity index (χ1n) is 6.75. The number of aliphatic hydroxyl groups excluding tert-OH is 1. The summed E-state index contributed by atoms with van der Waals surface area (Å²) >= 11 is 6.10. The standard InChI is InChI=1S/C14H24ClN3O2/c1-9(19)7-14(3,4)8-16-12(20)6-11-10(2)17-18(5)13(11)15/h9,19H,6-8H2,1-5H3,(H,16,20). The van der Waals surface area contributed by atoms with Gasteiger partial charge in [0.05, 0.1) is 18.2 Å². The van der Waals surface area contributed by atoms with Gasteiger partial charge in [0.15, 0.2) is 0 Å². The van der Waals surface area contributed by atoms with Gasteiger partial charge >= 0.3 is 0 Å². The Labute approximate surface area is 125 Å². The fourth-order valence-electron chi connectivity index (χ4n) is 2.31. The van der Waals surface area contributed by atoms with Crippen molar-refractivity contribution in [3.63, 3.8) is 0 Å². The van der Waals surface area contributed by atoms with Gasteiger partial charge in [-0.25, -0.2) is 0 Å². The van der Waals surface area contributed by atoms with E-state index in [2.05, 4.69) is 10.4 Å². The quantitative estimate of drug-likeness (QED) is 0.842. The molecule has 0 aromatic carbocycles. The molecular weight excluding hydrogens is 278 g/mol. The molecule has 1 heterocycles. The van der Waals surface area contributed by atoms with Gasteiger partial charge in [0.1, 0.15) is 5.15 Å². The zero-order valence-corrected chi connectivity index (χ0v) is 13.6. The maximum atomic E-state index is 12.0. The molecule has 0 spiro atoms. The fraction of sp³-hybridized carbons (Fsp3) is 0.714. The molecule has 0 saturated carbocycles. The first kappa shape index (κ1) is 17.0. The molecule has 0 aliphatic rings. The highest BCUT2D eigenvalue weighted by Gasteiger charge is 2.22. The highest BCUT2D eigenvalue weighted by atomic mass is 35.5. The third-order valence-electron chi connectivity index (χ3n) is 3.22. The molecule has 1 unspecified atom stereocenters. The lowest BCUT2D eigenvalue weighted by atomic mass is 9.87. The third kappa shape index (κ3) is 4.80. The molecule has 0 radical (unpaired) electrons. The highest BCUT2D eigenvalue weighted by molar-refractivity contribution is 6.30. The van der Waals surface area contributed by atoms with E-state index >= 15 is 0 Å². The number of aliphatic hydroxyl groups is 1. The van der Waals surface area contributed by atoms with Crippen LogP contribution in [-0.4, -0.2) is 33.4 Å². The van der Waals surface area contributed by atoms with Crippen molar-refractivity contribution in [2.45, 2.75) is 46.6 Å². The van der Waals surface area contributed by atoms with E-state index in [0.29, 0.717) is 18.1 Å². The minimum atomic E-state index is -0.378. The minimum absolute atomic E-state index is 0.0818. The second-order valence-corrected chi connectivity index (χ2v) is 6.51. The predicted molar refractivity (Wildman–Crippen MR) is 79.7 cm³/mol. The van der Waals surface area contributed by atoms with Crippen LogP contribution in [0.3, 0.4) is 0 Å². The van der Waals surface area contributed by atoms with E-state index in [4.69, 9.17) is 11.6 Å². The van der Waals surface area contributed by atoms with Crippen molar-refractivity contribution in [3.05, 3.63) is 16.4 Å². The van der Waals surface area contributed by atoms with Gasteiger partial charge in [-0.2, -0.15) is 5.10 Å². The average molecular weight is 302 g/mol. The Bertz CT molecular complexity index is 481. The summed E-state index contributed by atoms with van der Waals surface area (Å²) in [5.41, 5.74) is 1.40. The Morgan fingerprint density at radius 3 is 2.60 bits per heavy atom. The number of nitrogens with zero attached hydrogens (tertiary/aromatic N) is 2. The number of halogens is 1. The van der Waals surface area contributed by atoms with Gasteiger partial charge in [-0.05, 0) is 25.7 Å². The maximum Gasteiger partial charge on any atom is 0.224 e. The van der Waals surface area contributed by atoms with Gasteiger partial charge in [0, 0.05) is 19.2 Å². The van der Waals surface area contributed by atoms with E-state index in [-0.39, 0.29) is 23.8 Å². The predicted octanol–water partition coefficient (Wildman–Crippen LogP) is 1.84. The summed E-state index contributed by atoms with van der Waals surface area (Å²) in [4.78, 5) is 12.0. The van der Waals surface area contributed by atoms with Crippen LogP contribution in [0, 0.1) is 12.3 Å². The summed E-state index contributed by atoms with van der Waals surface area (Å²) < 4.78 is 1.57. The third-order valence-corrected chi connectivity index (χ3v) is 3.69. The fourth-order valence-corrected chi connectivity index (χ4v) is 2.55. The molecule has 1 aromatic heterocycles. The Morgan fingerprint density at radius 1 is 1.55 bits per heavy atom. The Balaban J connectivity index is 2.56. The molecule has 1 aromatic rings. The number of aromatic nitrogens is 2. The minimum Gasteiger partial charge on any atom is -0.393 e. The number of aryl methyl sites for hydroxylation is 2. The molecular formula is C14H24ClN3O2. The van der Waals surface area contributed by atoms with Crippen molar-refractivity contribution in [1.29, 1.82) is 0 Å². The molecule has 0 fully saturated rings. The van der Waals surface area contributed by atoms with Crippen molar-refractivity contribution < 1.29 is 9.90 Å². The van der Waals surface area contributed by atoms with Crippen LogP contribution in [0.25, 0.3) is 0 Å².